The Morgan fingerprint density at radius 3 is 2.29 bits per heavy atom. The Balaban J connectivity index is 2.56. The highest BCUT2D eigenvalue weighted by molar-refractivity contribution is 7.84. The van der Waals surface area contributed by atoms with Gasteiger partial charge in [0.2, 0.25) is 0 Å². The van der Waals surface area contributed by atoms with Crippen LogP contribution in [-0.2, 0) is 15.5 Å². The Bertz CT molecular complexity index is 447. The first-order valence-corrected chi connectivity index (χ1v) is 8.80. The van der Waals surface area contributed by atoms with Crippen LogP contribution in [0.3, 0.4) is 0 Å². The van der Waals surface area contributed by atoms with Gasteiger partial charge in [-0.25, -0.2) is 0 Å². The van der Waals surface area contributed by atoms with E-state index in [0.717, 1.165) is 10.5 Å². The van der Waals surface area contributed by atoms with Crippen molar-refractivity contribution in [3.63, 3.8) is 0 Å². The number of benzene rings is 1. The van der Waals surface area contributed by atoms with Crippen LogP contribution in [0.25, 0.3) is 0 Å². The van der Waals surface area contributed by atoms with E-state index in [1.54, 1.807) is 6.26 Å². The molecule has 1 N–H and O–H groups in total. The predicted molar refractivity (Wildman–Crippen MR) is 86.9 cm³/mol. The van der Waals surface area contributed by atoms with Gasteiger partial charge in [0, 0.05) is 34.5 Å². The van der Waals surface area contributed by atoms with E-state index in [1.165, 1.54) is 0 Å². The van der Waals surface area contributed by atoms with E-state index < -0.39 is 16.9 Å². The van der Waals surface area contributed by atoms with Crippen molar-refractivity contribution in [1.29, 1.82) is 0 Å². The zero-order valence-electron chi connectivity index (χ0n) is 13.6. The molecule has 0 heterocycles. The Morgan fingerprint density at radius 2 is 1.81 bits per heavy atom. The van der Waals surface area contributed by atoms with Crippen molar-refractivity contribution in [3.8, 4) is 0 Å². The summed E-state index contributed by atoms with van der Waals surface area (Å²) >= 11 is 0. The molecule has 21 heavy (non-hydrogen) atoms. The van der Waals surface area contributed by atoms with Crippen molar-refractivity contribution < 1.29 is 14.1 Å². The van der Waals surface area contributed by atoms with Gasteiger partial charge in [-0.3, -0.25) is 9.11 Å². The first kappa shape index (κ1) is 18.3. The minimum atomic E-state index is -0.948. The van der Waals surface area contributed by atoms with E-state index in [-0.39, 0.29) is 12.1 Å². The average Bonchev–Trinajstić information content (AvgIpc) is 2.44. The third-order valence-corrected chi connectivity index (χ3v) is 4.41. The molecule has 3 atom stereocenters. The maximum Gasteiger partial charge on any atom is 0.0900 e. The van der Waals surface area contributed by atoms with Crippen LogP contribution in [0, 0.1) is 0 Å². The number of ether oxygens (including phenoxy) is 1. The monoisotopic (exact) mass is 313 g/mol. The van der Waals surface area contributed by atoms with Crippen molar-refractivity contribution in [2.24, 2.45) is 0 Å². The lowest BCUT2D eigenvalue weighted by atomic mass is 10.1. The summed E-state index contributed by atoms with van der Waals surface area (Å²) in [5, 5.41) is 9.97. The van der Waals surface area contributed by atoms with Crippen molar-refractivity contribution in [3.05, 3.63) is 29.8 Å². The zero-order valence-corrected chi connectivity index (χ0v) is 14.4. The summed E-state index contributed by atoms with van der Waals surface area (Å²) in [6, 6.07) is 7.96. The average molecular weight is 313 g/mol. The highest BCUT2D eigenvalue weighted by atomic mass is 32.2. The maximum atomic E-state index is 11.4. The van der Waals surface area contributed by atoms with Gasteiger partial charge in [-0.15, -0.1) is 0 Å². The molecular weight excluding hydrogens is 286 g/mol. The summed E-state index contributed by atoms with van der Waals surface area (Å²) in [5.41, 5.74) is 1.14. The normalized spacial score (nSPS) is 16.2. The Kier molecular flexibility index (Phi) is 7.52. The molecule has 0 radical (unpaired) electrons. The summed E-state index contributed by atoms with van der Waals surface area (Å²) in [7, 11) is 1.03. The molecular formula is C16H27NO3S. The number of hydrogen-bond acceptors (Lipinski definition) is 4. The lowest BCUT2D eigenvalue weighted by molar-refractivity contribution is -0.00949. The molecule has 0 bridgehead atoms. The summed E-state index contributed by atoms with van der Waals surface area (Å²) in [4.78, 5) is 2.92. The standard InChI is InChI=1S/C16H27NO3S/c1-12(2)20-11-15(18)10-17(4)13(3)14-6-8-16(9-7-14)21(5)19/h6-9,12-13,15,18H,10-11H2,1-5H3. The molecule has 5 heteroatoms. The second kappa shape index (κ2) is 8.63. The Morgan fingerprint density at radius 1 is 1.24 bits per heavy atom. The third-order valence-electron chi connectivity index (χ3n) is 3.48. The second-order valence-electron chi connectivity index (χ2n) is 5.67. The third kappa shape index (κ3) is 6.26. The highest BCUT2D eigenvalue weighted by Crippen LogP contribution is 2.20. The highest BCUT2D eigenvalue weighted by Gasteiger charge is 2.16. The molecule has 1 aromatic rings. The summed E-state index contributed by atoms with van der Waals surface area (Å²) in [6.45, 7) is 6.91. The van der Waals surface area contributed by atoms with Crippen LogP contribution in [0.4, 0.5) is 0 Å². The fourth-order valence-electron chi connectivity index (χ4n) is 2.04. The summed E-state index contributed by atoms with van der Waals surface area (Å²) in [6.07, 6.45) is 1.31. The topological polar surface area (TPSA) is 49.8 Å². The largest absolute Gasteiger partial charge is 0.389 e. The zero-order chi connectivity index (χ0) is 16.0. The molecule has 0 saturated carbocycles. The number of nitrogens with zero attached hydrogens (tertiary/aromatic N) is 1. The molecule has 0 saturated heterocycles. The molecule has 120 valence electrons. The van der Waals surface area contributed by atoms with Gasteiger partial charge >= 0.3 is 0 Å². The van der Waals surface area contributed by atoms with Crippen LogP contribution in [0.2, 0.25) is 0 Å². The van der Waals surface area contributed by atoms with Crippen molar-refractivity contribution in [2.45, 2.75) is 43.9 Å². The molecule has 0 aliphatic carbocycles. The summed E-state index contributed by atoms with van der Waals surface area (Å²) < 4.78 is 16.8. The van der Waals surface area contributed by atoms with Crippen LogP contribution in [0.5, 0.6) is 0 Å². The van der Waals surface area contributed by atoms with Gasteiger partial charge in [0.25, 0.3) is 0 Å². The SMILES string of the molecule is CC(C)OCC(O)CN(C)C(C)c1ccc(S(C)=O)cc1. The minimum Gasteiger partial charge on any atom is -0.389 e. The number of aliphatic hydroxyl groups is 1. The predicted octanol–water partition coefficient (Wildman–Crippen LogP) is 2.20. The smallest absolute Gasteiger partial charge is 0.0900 e. The van der Waals surface area contributed by atoms with Crippen LogP contribution >= 0.6 is 0 Å². The molecule has 3 unspecified atom stereocenters. The number of hydrogen-bond donors (Lipinski definition) is 1. The van der Waals surface area contributed by atoms with Crippen LogP contribution in [0.1, 0.15) is 32.4 Å². The van der Waals surface area contributed by atoms with Crippen LogP contribution in [0.15, 0.2) is 29.2 Å². The molecule has 1 rings (SSSR count). The molecule has 0 aliphatic heterocycles. The van der Waals surface area contributed by atoms with Crippen molar-refractivity contribution in [1.82, 2.24) is 4.90 Å². The van der Waals surface area contributed by atoms with Crippen molar-refractivity contribution in [2.75, 3.05) is 26.5 Å². The van der Waals surface area contributed by atoms with Gasteiger partial charge in [0.15, 0.2) is 0 Å². The van der Waals surface area contributed by atoms with E-state index in [4.69, 9.17) is 4.74 Å². The van der Waals surface area contributed by atoms with E-state index in [2.05, 4.69) is 11.8 Å². The van der Waals surface area contributed by atoms with Crippen LogP contribution in [-0.4, -0.2) is 52.9 Å². The number of aliphatic hydroxyl groups excluding tert-OH is 1. The van der Waals surface area contributed by atoms with Gasteiger partial charge in [0.05, 0.1) is 18.8 Å². The molecule has 1 aromatic carbocycles. The van der Waals surface area contributed by atoms with Crippen molar-refractivity contribution >= 4 is 10.8 Å². The van der Waals surface area contributed by atoms with Gasteiger partial charge in [0.1, 0.15) is 0 Å². The Labute approximate surface area is 130 Å². The van der Waals surface area contributed by atoms with E-state index in [9.17, 15) is 9.32 Å². The van der Waals surface area contributed by atoms with E-state index in [0.29, 0.717) is 13.2 Å². The van der Waals surface area contributed by atoms with Gasteiger partial charge < -0.3 is 9.84 Å². The molecule has 0 aliphatic rings. The molecule has 0 fully saturated rings. The quantitative estimate of drug-likeness (QED) is 0.799. The van der Waals surface area contributed by atoms with Gasteiger partial charge in [-0.2, -0.15) is 0 Å². The minimum absolute atomic E-state index is 0.129. The maximum absolute atomic E-state index is 11.4. The molecule has 0 spiro atoms. The summed E-state index contributed by atoms with van der Waals surface area (Å²) in [5.74, 6) is 0. The molecule has 0 aromatic heterocycles. The first-order valence-electron chi connectivity index (χ1n) is 7.24. The lowest BCUT2D eigenvalue weighted by Gasteiger charge is -2.27. The van der Waals surface area contributed by atoms with Crippen LogP contribution < -0.4 is 0 Å². The fourth-order valence-corrected chi connectivity index (χ4v) is 2.56. The second-order valence-corrected chi connectivity index (χ2v) is 7.05. The molecule has 4 nitrogen and oxygen atoms in total. The van der Waals surface area contributed by atoms with Gasteiger partial charge in [-0.05, 0) is 45.5 Å². The van der Waals surface area contributed by atoms with E-state index in [1.807, 2.05) is 45.2 Å². The number of rotatable bonds is 8. The van der Waals surface area contributed by atoms with E-state index >= 15 is 0 Å². The Hall–Kier alpha value is -0.750. The van der Waals surface area contributed by atoms with Gasteiger partial charge in [-0.1, -0.05) is 12.1 Å². The lowest BCUT2D eigenvalue weighted by Crippen LogP contribution is -2.34. The molecule has 0 amide bonds. The fraction of sp³-hybridized carbons (Fsp3) is 0.625. The number of likely N-dealkylation sites (N-methyl/N-ethyl adjacent to an activating group) is 1. The first-order chi connectivity index (χ1) is 9.81.